The number of aromatic nitrogens is 5. The number of hydrogen-bond donors (Lipinski definition) is 0. The molecule has 0 aromatic carbocycles. The molecule has 0 radical (unpaired) electrons. The lowest BCUT2D eigenvalue weighted by atomic mass is 10.00. The molecule has 1 saturated heterocycles. The maximum absolute atomic E-state index is 5.36. The summed E-state index contributed by atoms with van der Waals surface area (Å²) in [5.41, 5.74) is 1.76. The number of aryl methyl sites for hydroxylation is 1. The van der Waals surface area contributed by atoms with Crippen LogP contribution in [0, 0.1) is 6.92 Å². The molecule has 0 unspecified atom stereocenters. The van der Waals surface area contributed by atoms with Crippen LogP contribution in [0.5, 0.6) is 0 Å². The average Bonchev–Trinajstić information content (AvgIpc) is 3.12. The Hall–Kier alpha value is -2.19. The summed E-state index contributed by atoms with van der Waals surface area (Å²) in [6.07, 6.45) is 4.87. The minimum Gasteiger partial charge on any atom is -0.339 e. The summed E-state index contributed by atoms with van der Waals surface area (Å²) in [6, 6.07) is 0. The molecule has 1 aliphatic heterocycles. The van der Waals surface area contributed by atoms with Crippen LogP contribution in [-0.2, 0) is 6.54 Å². The van der Waals surface area contributed by atoms with E-state index >= 15 is 0 Å². The van der Waals surface area contributed by atoms with Gasteiger partial charge < -0.3 is 4.52 Å². The standard InChI is InChI=1S/C14H14N6OS/c1-9-17-11(8-22-9)7-20-5-10(6-20)14-18-13(19-21-14)12-4-15-2-3-16-12/h2-4,8,10H,5-7H2,1H3. The van der Waals surface area contributed by atoms with Gasteiger partial charge in [-0.2, -0.15) is 4.98 Å². The Labute approximate surface area is 131 Å². The van der Waals surface area contributed by atoms with E-state index < -0.39 is 0 Å². The van der Waals surface area contributed by atoms with E-state index in [1.165, 1.54) is 0 Å². The molecule has 0 N–H and O–H groups in total. The second-order valence-electron chi connectivity index (χ2n) is 5.30. The molecule has 22 heavy (non-hydrogen) atoms. The third-order valence-electron chi connectivity index (χ3n) is 3.59. The molecule has 4 heterocycles. The summed E-state index contributed by atoms with van der Waals surface area (Å²) in [5.74, 6) is 1.46. The molecule has 7 nitrogen and oxygen atoms in total. The minimum absolute atomic E-state index is 0.289. The van der Waals surface area contributed by atoms with Crippen molar-refractivity contribution in [1.82, 2.24) is 30.0 Å². The molecule has 0 amide bonds. The van der Waals surface area contributed by atoms with Gasteiger partial charge in [0.05, 0.1) is 22.8 Å². The molecule has 0 aliphatic carbocycles. The summed E-state index contributed by atoms with van der Waals surface area (Å²) in [4.78, 5) is 19.4. The maximum Gasteiger partial charge on any atom is 0.232 e. The second kappa shape index (κ2) is 5.54. The summed E-state index contributed by atoms with van der Waals surface area (Å²) in [6.45, 7) is 4.74. The monoisotopic (exact) mass is 314 g/mol. The number of likely N-dealkylation sites (tertiary alicyclic amines) is 1. The topological polar surface area (TPSA) is 80.8 Å². The highest BCUT2D eigenvalue weighted by Crippen LogP contribution is 2.28. The molecule has 8 heteroatoms. The van der Waals surface area contributed by atoms with E-state index in [1.807, 2.05) is 6.92 Å². The summed E-state index contributed by atoms with van der Waals surface area (Å²) >= 11 is 1.69. The van der Waals surface area contributed by atoms with Crippen molar-refractivity contribution >= 4 is 11.3 Å². The van der Waals surface area contributed by atoms with Crippen LogP contribution in [0.4, 0.5) is 0 Å². The molecule has 1 fully saturated rings. The van der Waals surface area contributed by atoms with Crippen LogP contribution in [0.2, 0.25) is 0 Å². The molecule has 3 aromatic rings. The summed E-state index contributed by atoms with van der Waals surface area (Å²) in [7, 11) is 0. The molecule has 0 spiro atoms. The molecule has 0 atom stereocenters. The van der Waals surface area contributed by atoms with Gasteiger partial charge in [-0.05, 0) is 6.92 Å². The van der Waals surface area contributed by atoms with Gasteiger partial charge >= 0.3 is 0 Å². The van der Waals surface area contributed by atoms with E-state index in [0.717, 1.165) is 30.3 Å². The first kappa shape index (κ1) is 13.5. The highest BCUT2D eigenvalue weighted by Gasteiger charge is 2.33. The smallest absolute Gasteiger partial charge is 0.232 e. The third-order valence-corrected chi connectivity index (χ3v) is 4.41. The van der Waals surface area contributed by atoms with Crippen LogP contribution in [0.15, 0.2) is 28.5 Å². The maximum atomic E-state index is 5.36. The third kappa shape index (κ3) is 2.62. The second-order valence-corrected chi connectivity index (χ2v) is 6.36. The Balaban J connectivity index is 1.38. The van der Waals surface area contributed by atoms with Gasteiger partial charge in [0, 0.05) is 37.4 Å². The fourth-order valence-corrected chi connectivity index (χ4v) is 3.09. The van der Waals surface area contributed by atoms with E-state index in [9.17, 15) is 0 Å². The van der Waals surface area contributed by atoms with E-state index in [0.29, 0.717) is 17.4 Å². The molecule has 3 aromatic heterocycles. The molecule has 1 aliphatic rings. The van der Waals surface area contributed by atoms with Crippen LogP contribution in [0.3, 0.4) is 0 Å². The first-order chi connectivity index (χ1) is 10.8. The Morgan fingerprint density at radius 2 is 2.23 bits per heavy atom. The number of hydrogen-bond acceptors (Lipinski definition) is 8. The van der Waals surface area contributed by atoms with Gasteiger partial charge in [-0.15, -0.1) is 11.3 Å². The molecular formula is C14H14N6OS. The minimum atomic E-state index is 0.289. The molecule has 0 saturated carbocycles. The van der Waals surface area contributed by atoms with E-state index in [2.05, 4.69) is 35.4 Å². The molecule has 4 rings (SSSR count). The van der Waals surface area contributed by atoms with Crippen LogP contribution in [0.25, 0.3) is 11.5 Å². The van der Waals surface area contributed by atoms with Crippen molar-refractivity contribution in [2.45, 2.75) is 19.4 Å². The summed E-state index contributed by atoms with van der Waals surface area (Å²) in [5, 5.41) is 7.21. The molecule has 112 valence electrons. The first-order valence-corrected chi connectivity index (χ1v) is 7.89. The Morgan fingerprint density at radius 3 is 2.95 bits per heavy atom. The Kier molecular flexibility index (Phi) is 3.39. The van der Waals surface area contributed by atoms with Gasteiger partial charge in [-0.25, -0.2) is 9.97 Å². The van der Waals surface area contributed by atoms with Crippen LogP contribution >= 0.6 is 11.3 Å². The van der Waals surface area contributed by atoms with Crippen molar-refractivity contribution < 1.29 is 4.52 Å². The van der Waals surface area contributed by atoms with Gasteiger partial charge in [0.2, 0.25) is 11.7 Å². The highest BCUT2D eigenvalue weighted by atomic mass is 32.1. The van der Waals surface area contributed by atoms with Gasteiger partial charge in [0.15, 0.2) is 0 Å². The Morgan fingerprint density at radius 1 is 1.32 bits per heavy atom. The van der Waals surface area contributed by atoms with Gasteiger partial charge in [0.1, 0.15) is 5.69 Å². The fraction of sp³-hybridized carbons (Fsp3) is 0.357. The number of rotatable bonds is 4. The van der Waals surface area contributed by atoms with E-state index in [-0.39, 0.29) is 5.92 Å². The zero-order chi connectivity index (χ0) is 14.9. The molecule has 0 bridgehead atoms. The lowest BCUT2D eigenvalue weighted by Crippen LogP contribution is -2.44. The van der Waals surface area contributed by atoms with E-state index in [4.69, 9.17) is 4.52 Å². The number of thiazole rings is 1. The zero-order valence-corrected chi connectivity index (χ0v) is 12.8. The van der Waals surface area contributed by atoms with Crippen molar-refractivity contribution in [2.75, 3.05) is 13.1 Å². The van der Waals surface area contributed by atoms with Crippen molar-refractivity contribution in [3.63, 3.8) is 0 Å². The van der Waals surface area contributed by atoms with Crippen molar-refractivity contribution in [1.29, 1.82) is 0 Å². The molecular weight excluding hydrogens is 300 g/mol. The summed E-state index contributed by atoms with van der Waals surface area (Å²) < 4.78 is 5.36. The van der Waals surface area contributed by atoms with Crippen LogP contribution in [-0.4, -0.2) is 43.1 Å². The van der Waals surface area contributed by atoms with Crippen LogP contribution < -0.4 is 0 Å². The lowest BCUT2D eigenvalue weighted by Gasteiger charge is -2.36. The van der Waals surface area contributed by atoms with Gasteiger partial charge in [-0.1, -0.05) is 5.16 Å². The zero-order valence-electron chi connectivity index (χ0n) is 12.0. The van der Waals surface area contributed by atoms with Crippen LogP contribution in [0.1, 0.15) is 22.5 Å². The average molecular weight is 314 g/mol. The fourth-order valence-electron chi connectivity index (χ4n) is 2.48. The lowest BCUT2D eigenvalue weighted by molar-refractivity contribution is 0.116. The SMILES string of the molecule is Cc1nc(CN2CC(c3nc(-c4cnccn4)no3)C2)cs1. The normalized spacial score (nSPS) is 15.9. The van der Waals surface area contributed by atoms with Gasteiger partial charge in [0.25, 0.3) is 0 Å². The largest absolute Gasteiger partial charge is 0.339 e. The Bertz CT molecular complexity index is 765. The predicted octanol–water partition coefficient (Wildman–Crippen LogP) is 1.89. The van der Waals surface area contributed by atoms with Crippen molar-refractivity contribution in [3.05, 3.63) is 40.6 Å². The predicted molar refractivity (Wildman–Crippen MR) is 80.2 cm³/mol. The first-order valence-electron chi connectivity index (χ1n) is 7.01. The quantitative estimate of drug-likeness (QED) is 0.727. The van der Waals surface area contributed by atoms with E-state index in [1.54, 1.807) is 29.9 Å². The van der Waals surface area contributed by atoms with Crippen molar-refractivity contribution in [2.24, 2.45) is 0 Å². The van der Waals surface area contributed by atoms with Crippen molar-refractivity contribution in [3.8, 4) is 11.5 Å². The number of nitrogens with zero attached hydrogens (tertiary/aromatic N) is 6. The van der Waals surface area contributed by atoms with Gasteiger partial charge in [-0.3, -0.25) is 9.88 Å². The highest BCUT2D eigenvalue weighted by molar-refractivity contribution is 7.09.